The van der Waals surface area contributed by atoms with Crippen LogP contribution in [0.2, 0.25) is 0 Å². The summed E-state index contributed by atoms with van der Waals surface area (Å²) in [6, 6.07) is -0.277. The van der Waals surface area contributed by atoms with E-state index in [1.807, 2.05) is 0 Å². The van der Waals surface area contributed by atoms with Gasteiger partial charge in [0, 0.05) is 6.04 Å². The monoisotopic (exact) mass is 199 g/mol. The predicted molar refractivity (Wildman–Crippen MR) is 59.9 cm³/mol. The second-order valence-corrected chi connectivity index (χ2v) is 3.70. The maximum Gasteiger partial charge on any atom is 0.312 e. The van der Waals surface area contributed by atoms with Crippen molar-refractivity contribution in [3.63, 3.8) is 0 Å². The van der Waals surface area contributed by atoms with E-state index in [0.717, 1.165) is 19.3 Å². The fourth-order valence-corrected chi connectivity index (χ4v) is 1.48. The summed E-state index contributed by atoms with van der Waals surface area (Å²) in [7, 11) is 0. The zero-order valence-corrected chi connectivity index (χ0v) is 9.22. The van der Waals surface area contributed by atoms with Crippen molar-refractivity contribution in [2.75, 3.05) is 0 Å². The fraction of sp³-hybridized carbons (Fsp3) is 0.818. The second-order valence-electron chi connectivity index (χ2n) is 3.70. The summed E-state index contributed by atoms with van der Waals surface area (Å²) >= 11 is 0. The first-order valence-corrected chi connectivity index (χ1v) is 5.56. The molecule has 0 bridgehead atoms. The number of hydrogen-bond acceptors (Lipinski definition) is 1. The molecule has 2 amide bonds. The third-order valence-electron chi connectivity index (χ3n) is 2.35. The molecule has 0 aliphatic heterocycles. The van der Waals surface area contributed by atoms with Gasteiger partial charge in [-0.05, 0) is 12.8 Å². The van der Waals surface area contributed by atoms with Crippen molar-refractivity contribution in [1.82, 2.24) is 5.32 Å². The lowest BCUT2D eigenvalue weighted by atomic mass is 10.0. The highest BCUT2D eigenvalue weighted by Gasteiger charge is 2.06. The second kappa shape index (κ2) is 8.85. The maximum absolute atomic E-state index is 10.6. The molecule has 3 nitrogen and oxygen atoms in total. The minimum atomic E-state index is -0.438. The number of carbonyl (C=O) groups excluding carboxylic acids is 1. The van der Waals surface area contributed by atoms with Gasteiger partial charge in [0.05, 0.1) is 0 Å². The largest absolute Gasteiger partial charge is 0.352 e. The molecule has 0 saturated carbocycles. The molecule has 0 aliphatic carbocycles. The predicted octanol–water partition coefficient (Wildman–Crippen LogP) is 2.61. The maximum atomic E-state index is 10.6. The van der Waals surface area contributed by atoms with Crippen LogP contribution in [0.3, 0.4) is 0 Å². The molecule has 0 heterocycles. The highest BCUT2D eigenvalue weighted by molar-refractivity contribution is 5.71. The Morgan fingerprint density at radius 1 is 1.36 bits per heavy atom. The van der Waals surface area contributed by atoms with E-state index in [1.54, 1.807) is 0 Å². The van der Waals surface area contributed by atoms with Crippen LogP contribution in [-0.2, 0) is 0 Å². The van der Waals surface area contributed by atoms with E-state index >= 15 is 0 Å². The average molecular weight is 199 g/mol. The molecule has 0 aliphatic rings. The Morgan fingerprint density at radius 2 is 2.00 bits per heavy atom. The number of amides is 2. The van der Waals surface area contributed by atoms with Crippen LogP contribution < -0.4 is 11.1 Å². The number of urea groups is 1. The molecule has 0 rings (SSSR count). The first-order valence-electron chi connectivity index (χ1n) is 5.56. The Kier molecular flexibility index (Phi) is 8.39. The topological polar surface area (TPSA) is 55.1 Å². The lowest BCUT2D eigenvalue weighted by Crippen LogP contribution is -2.38. The van der Waals surface area contributed by atoms with Gasteiger partial charge in [-0.3, -0.25) is 0 Å². The van der Waals surface area contributed by atoms with E-state index in [1.165, 1.54) is 25.7 Å². The summed E-state index contributed by atoms with van der Waals surface area (Å²) in [5, 5.41) is 2.70. The molecule has 0 aromatic carbocycles. The van der Waals surface area contributed by atoms with E-state index in [4.69, 9.17) is 5.73 Å². The van der Waals surface area contributed by atoms with E-state index in [-0.39, 0.29) is 6.04 Å². The van der Waals surface area contributed by atoms with Gasteiger partial charge in [-0.2, -0.15) is 0 Å². The van der Waals surface area contributed by atoms with Gasteiger partial charge in [0.1, 0.15) is 0 Å². The summed E-state index contributed by atoms with van der Waals surface area (Å²) in [4.78, 5) is 10.6. The first kappa shape index (κ1) is 13.3. The lowest BCUT2D eigenvalue weighted by molar-refractivity contribution is 0.244. The SMILES string of the molecule is [CH2]CC(CCCCCCC)NC(N)=O. The summed E-state index contributed by atoms with van der Waals surface area (Å²) in [6.07, 6.45) is 7.96. The van der Waals surface area contributed by atoms with Gasteiger partial charge in [0.2, 0.25) is 0 Å². The van der Waals surface area contributed by atoms with Crippen molar-refractivity contribution in [3.05, 3.63) is 6.92 Å². The van der Waals surface area contributed by atoms with Crippen molar-refractivity contribution < 1.29 is 4.79 Å². The van der Waals surface area contributed by atoms with Crippen molar-refractivity contribution in [3.8, 4) is 0 Å². The number of unbranched alkanes of at least 4 members (excludes halogenated alkanes) is 4. The third kappa shape index (κ3) is 7.90. The van der Waals surface area contributed by atoms with Crippen molar-refractivity contribution in [2.24, 2.45) is 5.73 Å². The lowest BCUT2D eigenvalue weighted by Gasteiger charge is -2.14. The normalized spacial score (nSPS) is 12.4. The molecule has 3 heteroatoms. The Hall–Kier alpha value is -0.730. The van der Waals surface area contributed by atoms with Crippen molar-refractivity contribution in [1.29, 1.82) is 0 Å². The van der Waals surface area contributed by atoms with Gasteiger partial charge in [-0.15, -0.1) is 0 Å². The minimum absolute atomic E-state index is 0.161. The molecule has 0 spiro atoms. The van der Waals surface area contributed by atoms with E-state index in [9.17, 15) is 4.79 Å². The van der Waals surface area contributed by atoms with Gasteiger partial charge >= 0.3 is 6.03 Å². The van der Waals surface area contributed by atoms with Gasteiger partial charge in [-0.1, -0.05) is 46.0 Å². The molecule has 1 unspecified atom stereocenters. The van der Waals surface area contributed by atoms with E-state index in [0.29, 0.717) is 0 Å². The molecule has 14 heavy (non-hydrogen) atoms. The smallest absolute Gasteiger partial charge is 0.312 e. The van der Waals surface area contributed by atoms with Crippen LogP contribution in [0.1, 0.15) is 51.9 Å². The average Bonchev–Trinajstić information content (AvgIpc) is 2.15. The third-order valence-corrected chi connectivity index (χ3v) is 2.35. The Morgan fingerprint density at radius 3 is 2.50 bits per heavy atom. The Labute approximate surface area is 87.4 Å². The van der Waals surface area contributed by atoms with Crippen molar-refractivity contribution >= 4 is 6.03 Å². The van der Waals surface area contributed by atoms with Gasteiger partial charge in [0.25, 0.3) is 0 Å². The standard InChI is InChI=1S/C11H23N2O/c1-3-5-6-7-8-9-10(4-2)13-11(12)14/h10H,2-9H2,1H3,(H3,12,13,14). The van der Waals surface area contributed by atoms with Crippen LogP contribution in [0, 0.1) is 6.92 Å². The molecule has 0 aromatic rings. The van der Waals surface area contributed by atoms with Crippen LogP contribution in [0.15, 0.2) is 0 Å². The summed E-state index contributed by atoms with van der Waals surface area (Å²) in [5.41, 5.74) is 5.04. The molecule has 0 saturated heterocycles. The zero-order valence-electron chi connectivity index (χ0n) is 9.22. The van der Waals surface area contributed by atoms with Crippen LogP contribution in [0.4, 0.5) is 4.79 Å². The van der Waals surface area contributed by atoms with Gasteiger partial charge in [0.15, 0.2) is 0 Å². The van der Waals surface area contributed by atoms with Crippen LogP contribution in [-0.4, -0.2) is 12.1 Å². The number of rotatable bonds is 8. The van der Waals surface area contributed by atoms with Gasteiger partial charge in [-0.25, -0.2) is 4.79 Å². The highest BCUT2D eigenvalue weighted by Crippen LogP contribution is 2.08. The Bertz CT molecular complexity index is 148. The molecule has 3 N–H and O–H groups in total. The molecular formula is C11H23N2O. The quantitative estimate of drug-likeness (QED) is 0.580. The summed E-state index contributed by atoms with van der Waals surface area (Å²) in [5.74, 6) is 0. The molecule has 1 atom stereocenters. The van der Waals surface area contributed by atoms with E-state index < -0.39 is 6.03 Å². The molecule has 83 valence electrons. The van der Waals surface area contributed by atoms with E-state index in [2.05, 4.69) is 19.2 Å². The summed E-state index contributed by atoms with van der Waals surface area (Å²) in [6.45, 7) is 5.99. The zero-order chi connectivity index (χ0) is 10.8. The van der Waals surface area contributed by atoms with Crippen LogP contribution in [0.25, 0.3) is 0 Å². The molecule has 0 fully saturated rings. The number of nitrogens with two attached hydrogens (primary N) is 1. The number of hydrogen-bond donors (Lipinski definition) is 2. The summed E-state index contributed by atoms with van der Waals surface area (Å²) < 4.78 is 0. The number of nitrogens with one attached hydrogen (secondary N) is 1. The van der Waals surface area contributed by atoms with Crippen molar-refractivity contribution in [2.45, 2.75) is 57.9 Å². The van der Waals surface area contributed by atoms with Crippen LogP contribution >= 0.6 is 0 Å². The Balaban J connectivity index is 3.38. The minimum Gasteiger partial charge on any atom is -0.352 e. The van der Waals surface area contributed by atoms with Crippen LogP contribution in [0.5, 0.6) is 0 Å². The number of primary amides is 1. The molecule has 1 radical (unpaired) electrons. The number of carbonyl (C=O) groups is 1. The first-order chi connectivity index (χ1) is 6.70. The van der Waals surface area contributed by atoms with Gasteiger partial charge < -0.3 is 11.1 Å². The molecule has 0 aromatic heterocycles. The fourth-order valence-electron chi connectivity index (χ4n) is 1.48. The highest BCUT2D eigenvalue weighted by atomic mass is 16.2. The molecular weight excluding hydrogens is 176 g/mol.